The van der Waals surface area contributed by atoms with Gasteiger partial charge < -0.3 is 19.3 Å². The molecule has 23 heavy (non-hydrogen) atoms. The van der Waals surface area contributed by atoms with Crippen LogP contribution in [0.1, 0.15) is 18.4 Å². The van der Waals surface area contributed by atoms with Gasteiger partial charge in [-0.2, -0.15) is 0 Å². The molecule has 5 nitrogen and oxygen atoms in total. The average Bonchev–Trinajstić information content (AvgIpc) is 2.55. The smallest absolute Gasteiger partial charge is 0.330 e. The first kappa shape index (κ1) is 18.9. The lowest BCUT2D eigenvalue weighted by atomic mass is 10.0. The number of hydrogen-bond donors (Lipinski definition) is 1. The van der Waals surface area contributed by atoms with Gasteiger partial charge in [-0.3, -0.25) is 0 Å². The summed E-state index contributed by atoms with van der Waals surface area (Å²) in [4.78, 5) is 11.3. The molecule has 0 aliphatic rings. The molecule has 0 saturated carbocycles. The quantitative estimate of drug-likeness (QED) is 0.408. The van der Waals surface area contributed by atoms with Crippen LogP contribution in [0.2, 0.25) is 0 Å². The molecule has 0 heterocycles. The Bertz CT molecular complexity index is 519. The molecule has 0 aliphatic carbocycles. The van der Waals surface area contributed by atoms with Crippen LogP contribution < -0.4 is 4.74 Å². The molecular formula is C18H24O5. The van der Waals surface area contributed by atoms with Gasteiger partial charge in [0.15, 0.2) is 0 Å². The summed E-state index contributed by atoms with van der Waals surface area (Å²) in [7, 11) is 2.93. The van der Waals surface area contributed by atoms with E-state index in [0.29, 0.717) is 19.4 Å². The molecule has 0 unspecified atom stereocenters. The molecule has 1 N–H and O–H groups in total. The van der Waals surface area contributed by atoms with Crippen LogP contribution in [0.25, 0.3) is 0 Å². The molecule has 0 saturated heterocycles. The molecule has 1 aromatic rings. The fraction of sp³-hybridized carbons (Fsp3) is 0.389. The third-order valence-corrected chi connectivity index (χ3v) is 3.17. The van der Waals surface area contributed by atoms with Gasteiger partial charge in [-0.1, -0.05) is 23.8 Å². The first-order valence-electron chi connectivity index (χ1n) is 7.36. The first-order chi connectivity index (χ1) is 11.1. The largest absolute Gasteiger partial charge is 0.497 e. The molecule has 126 valence electrons. The number of hydrogen-bond acceptors (Lipinski definition) is 5. The van der Waals surface area contributed by atoms with Crippen LogP contribution in [0, 0.1) is 0 Å². The highest BCUT2D eigenvalue weighted by atomic mass is 16.5. The van der Waals surface area contributed by atoms with Gasteiger partial charge in [-0.25, -0.2) is 4.79 Å². The van der Waals surface area contributed by atoms with E-state index in [4.69, 9.17) is 9.47 Å². The lowest BCUT2D eigenvalue weighted by molar-refractivity contribution is -0.134. The summed E-state index contributed by atoms with van der Waals surface area (Å²) in [5.41, 5.74) is 1.75. The van der Waals surface area contributed by atoms with Gasteiger partial charge in [0.05, 0.1) is 33.5 Å². The number of aliphatic hydroxyl groups excluding tert-OH is 1. The second kappa shape index (κ2) is 10.6. The van der Waals surface area contributed by atoms with Crippen molar-refractivity contribution < 1.29 is 24.1 Å². The van der Waals surface area contributed by atoms with Crippen molar-refractivity contribution in [3.63, 3.8) is 0 Å². The monoisotopic (exact) mass is 320 g/mol. The van der Waals surface area contributed by atoms with E-state index in [2.05, 4.69) is 11.3 Å². The maximum atomic E-state index is 11.3. The van der Waals surface area contributed by atoms with E-state index in [-0.39, 0.29) is 6.61 Å². The molecular weight excluding hydrogens is 296 g/mol. The molecule has 0 fully saturated rings. The van der Waals surface area contributed by atoms with Crippen LogP contribution in [-0.4, -0.2) is 38.0 Å². The van der Waals surface area contributed by atoms with Gasteiger partial charge in [0.2, 0.25) is 0 Å². The number of benzene rings is 1. The number of carbonyl (C=O) groups is 1. The number of carbonyl (C=O) groups excluding carboxylic acids is 1. The van der Waals surface area contributed by atoms with Gasteiger partial charge in [0.25, 0.3) is 0 Å². The molecule has 5 heteroatoms. The summed E-state index contributed by atoms with van der Waals surface area (Å²) in [6, 6.07) is 7.53. The molecule has 1 rings (SSSR count). The van der Waals surface area contributed by atoms with Gasteiger partial charge in [-0.05, 0) is 30.5 Å². The molecule has 0 aromatic heterocycles. The summed E-state index contributed by atoms with van der Waals surface area (Å²) in [6.45, 7) is 4.22. The Hall–Kier alpha value is -2.11. The van der Waals surface area contributed by atoms with E-state index >= 15 is 0 Å². The number of ether oxygens (including phenoxy) is 3. The van der Waals surface area contributed by atoms with E-state index in [1.54, 1.807) is 13.2 Å². The Labute approximate surface area is 137 Å². The Kier molecular flexibility index (Phi) is 8.72. The van der Waals surface area contributed by atoms with Crippen LogP contribution in [0.5, 0.6) is 5.75 Å². The van der Waals surface area contributed by atoms with Crippen molar-refractivity contribution in [2.75, 3.05) is 20.8 Å². The predicted octanol–water partition coefficient (Wildman–Crippen LogP) is 2.64. The second-order valence-electron chi connectivity index (χ2n) is 5.04. The van der Waals surface area contributed by atoms with Crippen LogP contribution in [0.3, 0.4) is 0 Å². The topological polar surface area (TPSA) is 65.0 Å². The van der Waals surface area contributed by atoms with Crippen LogP contribution in [-0.2, 0) is 20.9 Å². The number of allylic oxidation sites excluding steroid dienone is 1. The standard InChI is InChI=1S/C18H24O5/c1-4-5-15(11-18(20)22-3)10-16(19)13-23-12-14-6-8-17(21-2)9-7-14/h4,6-9,11,16,19H,1,5,10,12-13H2,2-3H3/b15-11+/t16-/m1/s1. The highest BCUT2D eigenvalue weighted by Gasteiger charge is 2.09. The Morgan fingerprint density at radius 1 is 1.30 bits per heavy atom. The van der Waals surface area contributed by atoms with Crippen molar-refractivity contribution in [2.45, 2.75) is 25.6 Å². The number of aliphatic hydroxyl groups is 1. The highest BCUT2D eigenvalue weighted by Crippen LogP contribution is 2.14. The van der Waals surface area contributed by atoms with Crippen LogP contribution in [0.15, 0.2) is 48.6 Å². The molecule has 0 bridgehead atoms. The fourth-order valence-corrected chi connectivity index (χ4v) is 2.01. The van der Waals surface area contributed by atoms with Crippen molar-refractivity contribution in [1.29, 1.82) is 0 Å². The Morgan fingerprint density at radius 3 is 2.57 bits per heavy atom. The summed E-state index contributed by atoms with van der Waals surface area (Å²) in [5, 5.41) is 10.0. The third-order valence-electron chi connectivity index (χ3n) is 3.17. The zero-order valence-electron chi connectivity index (χ0n) is 13.7. The molecule has 0 aliphatic heterocycles. The van der Waals surface area contributed by atoms with Gasteiger partial charge in [-0.15, -0.1) is 6.58 Å². The van der Waals surface area contributed by atoms with Crippen LogP contribution >= 0.6 is 0 Å². The zero-order valence-corrected chi connectivity index (χ0v) is 13.7. The summed E-state index contributed by atoms with van der Waals surface area (Å²) < 4.78 is 15.2. The molecule has 0 amide bonds. The number of methoxy groups -OCH3 is 2. The SMILES string of the molecule is C=CC/C(=C\C(=O)OC)C[C@@H](O)COCc1ccc(OC)cc1. The minimum Gasteiger partial charge on any atom is -0.497 e. The predicted molar refractivity (Wildman–Crippen MR) is 88.2 cm³/mol. The maximum absolute atomic E-state index is 11.3. The normalized spacial score (nSPS) is 12.6. The van der Waals surface area contributed by atoms with Crippen molar-refractivity contribution in [3.05, 3.63) is 54.1 Å². The third kappa shape index (κ3) is 7.63. The molecule has 1 atom stereocenters. The van der Waals surface area contributed by atoms with Crippen LogP contribution in [0.4, 0.5) is 0 Å². The number of esters is 1. The van der Waals surface area contributed by atoms with E-state index in [1.165, 1.54) is 13.2 Å². The van der Waals surface area contributed by atoms with E-state index in [9.17, 15) is 9.90 Å². The lowest BCUT2D eigenvalue weighted by Crippen LogP contribution is -2.16. The van der Waals surface area contributed by atoms with Crippen molar-refractivity contribution >= 4 is 5.97 Å². The lowest BCUT2D eigenvalue weighted by Gasteiger charge is -2.13. The van der Waals surface area contributed by atoms with E-state index in [1.807, 2.05) is 24.3 Å². The number of rotatable bonds is 10. The van der Waals surface area contributed by atoms with Crippen molar-refractivity contribution in [2.24, 2.45) is 0 Å². The summed E-state index contributed by atoms with van der Waals surface area (Å²) in [6.07, 6.45) is 3.23. The zero-order chi connectivity index (χ0) is 17.1. The van der Waals surface area contributed by atoms with Crippen molar-refractivity contribution in [3.8, 4) is 5.75 Å². The van der Waals surface area contributed by atoms with Crippen molar-refractivity contribution in [1.82, 2.24) is 0 Å². The van der Waals surface area contributed by atoms with Gasteiger partial charge in [0, 0.05) is 6.08 Å². The van der Waals surface area contributed by atoms with E-state index in [0.717, 1.165) is 16.9 Å². The highest BCUT2D eigenvalue weighted by molar-refractivity contribution is 5.82. The Morgan fingerprint density at radius 2 is 2.00 bits per heavy atom. The first-order valence-corrected chi connectivity index (χ1v) is 7.36. The van der Waals surface area contributed by atoms with Gasteiger partial charge >= 0.3 is 5.97 Å². The van der Waals surface area contributed by atoms with Gasteiger partial charge in [0.1, 0.15) is 5.75 Å². The average molecular weight is 320 g/mol. The second-order valence-corrected chi connectivity index (χ2v) is 5.04. The maximum Gasteiger partial charge on any atom is 0.330 e. The fourth-order valence-electron chi connectivity index (χ4n) is 2.01. The molecule has 0 radical (unpaired) electrons. The van der Waals surface area contributed by atoms with E-state index < -0.39 is 12.1 Å². The summed E-state index contributed by atoms with van der Waals surface area (Å²) >= 11 is 0. The summed E-state index contributed by atoms with van der Waals surface area (Å²) in [5.74, 6) is 0.351. The minimum absolute atomic E-state index is 0.182. The minimum atomic E-state index is -0.691. The molecule has 1 aromatic carbocycles. The molecule has 0 spiro atoms. The Balaban J connectivity index is 2.42.